The molecular weight excluding hydrogens is 262 g/mol. The Hall–Kier alpha value is -1.38. The molecule has 0 aliphatic carbocycles. The predicted molar refractivity (Wildman–Crippen MR) is 88.2 cm³/mol. The first kappa shape index (κ1) is 17.7. The van der Waals surface area contributed by atoms with Crippen molar-refractivity contribution in [2.45, 2.75) is 77.2 Å². The number of aryl methyl sites for hydroxylation is 1. The van der Waals surface area contributed by atoms with Crippen molar-refractivity contribution in [3.63, 3.8) is 0 Å². The first-order valence-electron chi connectivity index (χ1n) is 8.41. The van der Waals surface area contributed by atoms with Gasteiger partial charge >= 0.3 is 0 Å². The highest BCUT2D eigenvalue weighted by Crippen LogP contribution is 2.15. The van der Waals surface area contributed by atoms with Gasteiger partial charge in [0.05, 0.1) is 0 Å². The standard InChI is InChI=1S/C18H29NO2/c1-2-3-7-15-18(19(20)21)16-11-5-4-8-12-17-13-9-6-10-14-17/h6,9-10,13-14,18H,2-5,7-8,11-12,15-16H2,1H3. The van der Waals surface area contributed by atoms with E-state index < -0.39 is 0 Å². The number of hydrogen-bond acceptors (Lipinski definition) is 2. The second kappa shape index (κ2) is 11.3. The molecule has 1 unspecified atom stereocenters. The molecule has 0 bridgehead atoms. The SMILES string of the molecule is CCCCCC(CCCCCCc1ccccc1)[N+](=O)[O-]. The average Bonchev–Trinajstić information content (AvgIpc) is 2.49. The summed E-state index contributed by atoms with van der Waals surface area (Å²) >= 11 is 0. The zero-order valence-electron chi connectivity index (χ0n) is 13.3. The van der Waals surface area contributed by atoms with E-state index in [0.717, 1.165) is 51.4 Å². The first-order chi connectivity index (χ1) is 10.2. The minimum Gasteiger partial charge on any atom is -0.264 e. The van der Waals surface area contributed by atoms with Gasteiger partial charge in [0.1, 0.15) is 0 Å². The van der Waals surface area contributed by atoms with Crippen LogP contribution in [0.25, 0.3) is 0 Å². The van der Waals surface area contributed by atoms with Crippen LogP contribution in [0.3, 0.4) is 0 Å². The average molecular weight is 291 g/mol. The summed E-state index contributed by atoms with van der Waals surface area (Å²) in [5.41, 5.74) is 1.39. The fourth-order valence-corrected chi connectivity index (χ4v) is 2.69. The van der Waals surface area contributed by atoms with E-state index in [0.29, 0.717) is 0 Å². The molecule has 1 atom stereocenters. The minimum atomic E-state index is -0.314. The van der Waals surface area contributed by atoms with Gasteiger partial charge in [0.2, 0.25) is 6.04 Å². The third-order valence-corrected chi connectivity index (χ3v) is 4.03. The van der Waals surface area contributed by atoms with Crippen molar-refractivity contribution < 1.29 is 4.92 Å². The number of hydrogen-bond donors (Lipinski definition) is 0. The van der Waals surface area contributed by atoms with Crippen molar-refractivity contribution in [3.05, 3.63) is 46.0 Å². The van der Waals surface area contributed by atoms with E-state index in [1.807, 2.05) is 6.07 Å². The lowest BCUT2D eigenvalue weighted by molar-refractivity contribution is -0.524. The Balaban J connectivity index is 2.07. The molecule has 0 spiro atoms. The molecule has 0 heterocycles. The van der Waals surface area contributed by atoms with Crippen LogP contribution in [0.2, 0.25) is 0 Å². The van der Waals surface area contributed by atoms with Crippen LogP contribution in [0.4, 0.5) is 0 Å². The largest absolute Gasteiger partial charge is 0.264 e. The lowest BCUT2D eigenvalue weighted by Crippen LogP contribution is -2.19. The number of benzene rings is 1. The zero-order valence-corrected chi connectivity index (χ0v) is 13.3. The highest BCUT2D eigenvalue weighted by atomic mass is 16.6. The van der Waals surface area contributed by atoms with Gasteiger partial charge in [0, 0.05) is 17.8 Å². The maximum atomic E-state index is 11.0. The lowest BCUT2D eigenvalue weighted by atomic mass is 10.0. The Morgan fingerprint density at radius 2 is 1.57 bits per heavy atom. The molecule has 0 aromatic heterocycles. The Morgan fingerprint density at radius 3 is 2.19 bits per heavy atom. The van der Waals surface area contributed by atoms with Gasteiger partial charge in [-0.1, -0.05) is 62.9 Å². The molecule has 1 rings (SSSR count). The van der Waals surface area contributed by atoms with Crippen LogP contribution in [0.15, 0.2) is 30.3 Å². The van der Waals surface area contributed by atoms with E-state index in [9.17, 15) is 10.1 Å². The van der Waals surface area contributed by atoms with Crippen LogP contribution in [-0.2, 0) is 6.42 Å². The summed E-state index contributed by atoms with van der Waals surface area (Å²) in [6.07, 6.45) is 10.3. The monoisotopic (exact) mass is 291 g/mol. The van der Waals surface area contributed by atoms with Crippen molar-refractivity contribution >= 4 is 0 Å². The smallest absolute Gasteiger partial charge is 0.213 e. The van der Waals surface area contributed by atoms with Gasteiger partial charge in [-0.05, 0) is 31.2 Å². The lowest BCUT2D eigenvalue weighted by Gasteiger charge is -2.09. The van der Waals surface area contributed by atoms with E-state index in [2.05, 4.69) is 31.2 Å². The van der Waals surface area contributed by atoms with Gasteiger partial charge in [-0.3, -0.25) is 10.1 Å². The van der Waals surface area contributed by atoms with Crippen molar-refractivity contribution in [2.75, 3.05) is 0 Å². The quantitative estimate of drug-likeness (QED) is 0.294. The number of unbranched alkanes of at least 4 members (excludes halogenated alkanes) is 5. The van der Waals surface area contributed by atoms with E-state index in [1.165, 1.54) is 18.4 Å². The molecule has 0 saturated heterocycles. The molecule has 1 aromatic carbocycles. The Bertz CT molecular complexity index is 378. The first-order valence-corrected chi connectivity index (χ1v) is 8.41. The Kier molecular flexibility index (Phi) is 9.51. The molecule has 0 N–H and O–H groups in total. The molecule has 0 fully saturated rings. The predicted octanol–water partition coefficient (Wildman–Crippen LogP) is 5.41. The number of nitro groups is 1. The van der Waals surface area contributed by atoms with E-state index >= 15 is 0 Å². The van der Waals surface area contributed by atoms with Gasteiger partial charge in [-0.15, -0.1) is 0 Å². The molecular formula is C18H29NO2. The summed E-state index contributed by atoms with van der Waals surface area (Å²) in [5.74, 6) is 0. The molecule has 3 heteroatoms. The number of rotatable bonds is 12. The normalized spacial score (nSPS) is 12.2. The van der Waals surface area contributed by atoms with Crippen molar-refractivity contribution in [3.8, 4) is 0 Å². The van der Waals surface area contributed by atoms with Crippen molar-refractivity contribution in [1.82, 2.24) is 0 Å². The highest BCUT2D eigenvalue weighted by molar-refractivity contribution is 5.14. The van der Waals surface area contributed by atoms with Gasteiger partial charge in [0.15, 0.2) is 0 Å². The van der Waals surface area contributed by atoms with Gasteiger partial charge in [-0.25, -0.2) is 0 Å². The third-order valence-electron chi connectivity index (χ3n) is 4.03. The van der Waals surface area contributed by atoms with Crippen LogP contribution in [0.5, 0.6) is 0 Å². The molecule has 3 nitrogen and oxygen atoms in total. The summed E-state index contributed by atoms with van der Waals surface area (Å²) in [5, 5.41) is 11.0. The summed E-state index contributed by atoms with van der Waals surface area (Å²) < 4.78 is 0. The fraction of sp³-hybridized carbons (Fsp3) is 0.667. The van der Waals surface area contributed by atoms with Crippen LogP contribution >= 0.6 is 0 Å². The maximum Gasteiger partial charge on any atom is 0.213 e. The van der Waals surface area contributed by atoms with E-state index in [-0.39, 0.29) is 11.0 Å². The van der Waals surface area contributed by atoms with E-state index in [4.69, 9.17) is 0 Å². The number of nitrogens with zero attached hydrogens (tertiary/aromatic N) is 1. The second-order valence-corrected chi connectivity index (χ2v) is 5.87. The second-order valence-electron chi connectivity index (χ2n) is 5.87. The Morgan fingerprint density at radius 1 is 0.952 bits per heavy atom. The summed E-state index contributed by atoms with van der Waals surface area (Å²) in [4.78, 5) is 10.9. The summed E-state index contributed by atoms with van der Waals surface area (Å²) in [6.45, 7) is 2.13. The molecule has 21 heavy (non-hydrogen) atoms. The van der Waals surface area contributed by atoms with Crippen LogP contribution in [0.1, 0.15) is 70.3 Å². The molecule has 0 aliphatic rings. The van der Waals surface area contributed by atoms with Gasteiger partial charge in [-0.2, -0.15) is 0 Å². The molecule has 0 amide bonds. The molecule has 0 radical (unpaired) electrons. The van der Waals surface area contributed by atoms with Crippen LogP contribution in [0, 0.1) is 10.1 Å². The summed E-state index contributed by atoms with van der Waals surface area (Å²) in [7, 11) is 0. The zero-order chi connectivity index (χ0) is 15.3. The topological polar surface area (TPSA) is 43.1 Å². The minimum absolute atomic E-state index is 0.0698. The van der Waals surface area contributed by atoms with Crippen LogP contribution in [-0.4, -0.2) is 11.0 Å². The molecule has 0 saturated carbocycles. The van der Waals surface area contributed by atoms with Gasteiger partial charge < -0.3 is 0 Å². The molecule has 118 valence electrons. The van der Waals surface area contributed by atoms with E-state index in [1.54, 1.807) is 0 Å². The Labute approximate surface area is 128 Å². The third kappa shape index (κ3) is 8.49. The highest BCUT2D eigenvalue weighted by Gasteiger charge is 2.18. The van der Waals surface area contributed by atoms with Crippen molar-refractivity contribution in [2.24, 2.45) is 0 Å². The van der Waals surface area contributed by atoms with Gasteiger partial charge in [0.25, 0.3) is 0 Å². The fourth-order valence-electron chi connectivity index (χ4n) is 2.69. The molecule has 1 aromatic rings. The molecule has 0 aliphatic heterocycles. The summed E-state index contributed by atoms with van der Waals surface area (Å²) in [6, 6.07) is 10.2. The van der Waals surface area contributed by atoms with Crippen LogP contribution < -0.4 is 0 Å². The van der Waals surface area contributed by atoms with Crippen molar-refractivity contribution in [1.29, 1.82) is 0 Å². The maximum absolute atomic E-state index is 11.0.